The molecular formula is C14H10Cl2N2. The summed E-state index contributed by atoms with van der Waals surface area (Å²) in [6.45, 7) is 0. The SMILES string of the molecule is ClC1=C(c2[nH]c3ccccc3c2Cl)C=CC=CN1. The molecule has 0 aliphatic carbocycles. The number of aromatic nitrogens is 1. The van der Waals surface area contributed by atoms with Crippen LogP contribution in [0.2, 0.25) is 5.02 Å². The number of benzene rings is 1. The van der Waals surface area contributed by atoms with Crippen molar-refractivity contribution in [2.45, 2.75) is 0 Å². The Labute approximate surface area is 115 Å². The average Bonchev–Trinajstić information content (AvgIpc) is 2.57. The summed E-state index contributed by atoms with van der Waals surface area (Å²) < 4.78 is 0. The predicted octanol–water partition coefficient (Wildman–Crippen LogP) is 4.40. The second-order valence-electron chi connectivity index (χ2n) is 3.95. The molecule has 0 unspecified atom stereocenters. The highest BCUT2D eigenvalue weighted by molar-refractivity contribution is 6.39. The highest BCUT2D eigenvalue weighted by Gasteiger charge is 2.14. The van der Waals surface area contributed by atoms with E-state index in [-0.39, 0.29) is 0 Å². The van der Waals surface area contributed by atoms with E-state index in [4.69, 9.17) is 23.2 Å². The number of allylic oxidation sites excluding steroid dienone is 4. The minimum Gasteiger partial charge on any atom is -0.353 e. The van der Waals surface area contributed by atoms with Crippen LogP contribution in [0.1, 0.15) is 5.69 Å². The molecule has 1 aliphatic heterocycles. The average molecular weight is 277 g/mol. The number of hydrogen-bond acceptors (Lipinski definition) is 1. The Bertz CT molecular complexity index is 693. The number of hydrogen-bond donors (Lipinski definition) is 2. The summed E-state index contributed by atoms with van der Waals surface area (Å²) in [5.41, 5.74) is 2.68. The summed E-state index contributed by atoms with van der Waals surface area (Å²) >= 11 is 12.6. The molecule has 0 spiro atoms. The van der Waals surface area contributed by atoms with Gasteiger partial charge in [0.1, 0.15) is 5.16 Å². The number of H-pyrrole nitrogens is 1. The van der Waals surface area contributed by atoms with Crippen LogP contribution in [0.5, 0.6) is 0 Å². The minimum absolute atomic E-state index is 0.549. The van der Waals surface area contributed by atoms with E-state index in [2.05, 4.69) is 10.3 Å². The zero-order chi connectivity index (χ0) is 12.5. The lowest BCUT2D eigenvalue weighted by Crippen LogP contribution is -2.00. The van der Waals surface area contributed by atoms with Crippen molar-refractivity contribution < 1.29 is 0 Å². The van der Waals surface area contributed by atoms with Crippen LogP contribution >= 0.6 is 23.2 Å². The van der Waals surface area contributed by atoms with Gasteiger partial charge in [-0.15, -0.1) is 0 Å². The van der Waals surface area contributed by atoms with Crippen molar-refractivity contribution in [3.8, 4) is 0 Å². The number of fused-ring (bicyclic) bond motifs is 1. The number of para-hydroxylation sites is 1. The predicted molar refractivity (Wildman–Crippen MR) is 77.5 cm³/mol. The third-order valence-electron chi connectivity index (χ3n) is 2.83. The van der Waals surface area contributed by atoms with Crippen molar-refractivity contribution in [2.24, 2.45) is 0 Å². The first-order valence-electron chi connectivity index (χ1n) is 5.53. The van der Waals surface area contributed by atoms with E-state index in [0.29, 0.717) is 10.2 Å². The minimum atomic E-state index is 0.549. The summed E-state index contributed by atoms with van der Waals surface area (Å²) in [6.07, 6.45) is 7.50. The third kappa shape index (κ3) is 1.84. The van der Waals surface area contributed by atoms with Gasteiger partial charge in [0.25, 0.3) is 0 Å². The van der Waals surface area contributed by atoms with Gasteiger partial charge in [0.05, 0.1) is 10.7 Å². The molecule has 2 N–H and O–H groups in total. The number of aromatic amines is 1. The van der Waals surface area contributed by atoms with Gasteiger partial charge >= 0.3 is 0 Å². The van der Waals surface area contributed by atoms with Gasteiger partial charge in [-0.3, -0.25) is 0 Å². The smallest absolute Gasteiger partial charge is 0.115 e. The Hall–Kier alpha value is -1.64. The third-order valence-corrected chi connectivity index (χ3v) is 3.53. The summed E-state index contributed by atoms with van der Waals surface area (Å²) in [7, 11) is 0. The molecule has 0 fully saturated rings. The largest absolute Gasteiger partial charge is 0.353 e. The van der Waals surface area contributed by atoms with Crippen LogP contribution in [0.25, 0.3) is 16.5 Å². The molecule has 3 rings (SSSR count). The van der Waals surface area contributed by atoms with Crippen LogP contribution in [0.4, 0.5) is 0 Å². The van der Waals surface area contributed by atoms with E-state index >= 15 is 0 Å². The molecular weight excluding hydrogens is 267 g/mol. The van der Waals surface area contributed by atoms with Crippen LogP contribution in [0.3, 0.4) is 0 Å². The van der Waals surface area contributed by atoms with E-state index in [1.54, 1.807) is 6.20 Å². The summed E-state index contributed by atoms with van der Waals surface area (Å²) in [4.78, 5) is 3.30. The fourth-order valence-corrected chi connectivity index (χ4v) is 2.50. The van der Waals surface area contributed by atoms with E-state index in [1.165, 1.54) is 0 Å². The molecule has 0 radical (unpaired) electrons. The molecule has 90 valence electrons. The standard InChI is InChI=1S/C14H10Cl2N2/c15-12-9-5-1-2-7-11(9)18-13(12)10-6-3-4-8-17-14(10)16/h1-8,17-18H. The van der Waals surface area contributed by atoms with E-state index in [9.17, 15) is 0 Å². The molecule has 0 atom stereocenters. The number of nitrogens with one attached hydrogen (secondary N) is 2. The van der Waals surface area contributed by atoms with E-state index in [1.807, 2.05) is 42.5 Å². The second kappa shape index (κ2) is 4.56. The second-order valence-corrected chi connectivity index (χ2v) is 4.71. The van der Waals surface area contributed by atoms with Gasteiger partial charge < -0.3 is 10.3 Å². The van der Waals surface area contributed by atoms with Crippen LogP contribution in [-0.4, -0.2) is 4.98 Å². The Morgan fingerprint density at radius 3 is 2.67 bits per heavy atom. The molecule has 2 heterocycles. The Morgan fingerprint density at radius 2 is 1.83 bits per heavy atom. The van der Waals surface area contributed by atoms with Crippen LogP contribution in [0.15, 0.2) is 53.8 Å². The van der Waals surface area contributed by atoms with Crippen molar-refractivity contribution in [1.82, 2.24) is 10.3 Å². The summed E-state index contributed by atoms with van der Waals surface area (Å²) in [5, 5.41) is 5.22. The fourth-order valence-electron chi connectivity index (χ4n) is 1.97. The molecule has 0 saturated carbocycles. The van der Waals surface area contributed by atoms with Crippen LogP contribution < -0.4 is 5.32 Å². The molecule has 1 aliphatic rings. The van der Waals surface area contributed by atoms with Gasteiger partial charge in [0.2, 0.25) is 0 Å². The molecule has 2 aromatic rings. The van der Waals surface area contributed by atoms with Gasteiger partial charge in [0.15, 0.2) is 0 Å². The molecule has 0 saturated heterocycles. The van der Waals surface area contributed by atoms with Gasteiger partial charge in [-0.2, -0.15) is 0 Å². The first kappa shape index (κ1) is 11.5. The topological polar surface area (TPSA) is 27.8 Å². The molecule has 0 bridgehead atoms. The quantitative estimate of drug-likeness (QED) is 0.743. The zero-order valence-electron chi connectivity index (χ0n) is 9.37. The van der Waals surface area contributed by atoms with Gasteiger partial charge in [-0.05, 0) is 18.2 Å². The molecule has 4 heteroatoms. The van der Waals surface area contributed by atoms with Crippen LogP contribution in [0, 0.1) is 0 Å². The molecule has 2 nitrogen and oxygen atoms in total. The highest BCUT2D eigenvalue weighted by Crippen LogP contribution is 2.34. The molecule has 1 aromatic heterocycles. The summed E-state index contributed by atoms with van der Waals surface area (Å²) in [6, 6.07) is 7.91. The summed E-state index contributed by atoms with van der Waals surface area (Å²) in [5.74, 6) is 0. The monoisotopic (exact) mass is 276 g/mol. The molecule has 18 heavy (non-hydrogen) atoms. The maximum Gasteiger partial charge on any atom is 0.115 e. The lowest BCUT2D eigenvalue weighted by Gasteiger charge is -2.04. The maximum absolute atomic E-state index is 6.40. The molecule has 0 amide bonds. The maximum atomic E-state index is 6.40. The Balaban J connectivity index is 2.23. The lowest BCUT2D eigenvalue weighted by atomic mass is 10.1. The van der Waals surface area contributed by atoms with Gasteiger partial charge in [-0.25, -0.2) is 0 Å². The highest BCUT2D eigenvalue weighted by atomic mass is 35.5. The van der Waals surface area contributed by atoms with Crippen molar-refractivity contribution >= 4 is 39.7 Å². The zero-order valence-corrected chi connectivity index (χ0v) is 10.9. The first-order valence-corrected chi connectivity index (χ1v) is 6.29. The number of halogens is 2. The van der Waals surface area contributed by atoms with E-state index in [0.717, 1.165) is 22.2 Å². The van der Waals surface area contributed by atoms with Crippen molar-refractivity contribution in [2.75, 3.05) is 0 Å². The van der Waals surface area contributed by atoms with Gasteiger partial charge in [0, 0.05) is 22.7 Å². The fraction of sp³-hybridized carbons (Fsp3) is 0. The Kier molecular flexibility index (Phi) is 2.90. The number of rotatable bonds is 1. The lowest BCUT2D eigenvalue weighted by molar-refractivity contribution is 1.17. The molecule has 1 aromatic carbocycles. The van der Waals surface area contributed by atoms with Gasteiger partial charge in [-0.1, -0.05) is 47.5 Å². The first-order chi connectivity index (χ1) is 8.77. The van der Waals surface area contributed by atoms with Crippen molar-refractivity contribution in [3.63, 3.8) is 0 Å². The van der Waals surface area contributed by atoms with E-state index < -0.39 is 0 Å². The van der Waals surface area contributed by atoms with Crippen molar-refractivity contribution in [1.29, 1.82) is 0 Å². The normalized spacial score (nSPS) is 15.0. The van der Waals surface area contributed by atoms with Crippen LogP contribution in [-0.2, 0) is 0 Å². The van der Waals surface area contributed by atoms with Crippen molar-refractivity contribution in [3.05, 3.63) is 64.6 Å². The Morgan fingerprint density at radius 1 is 1.00 bits per heavy atom.